The summed E-state index contributed by atoms with van der Waals surface area (Å²) in [5, 5.41) is 9.84. The molecule has 108 valence electrons. The van der Waals surface area contributed by atoms with E-state index in [1.807, 2.05) is 6.07 Å². The molecule has 22 heavy (non-hydrogen) atoms. The van der Waals surface area contributed by atoms with Crippen molar-refractivity contribution in [1.82, 2.24) is 0 Å². The third-order valence-corrected chi connectivity index (χ3v) is 3.43. The van der Waals surface area contributed by atoms with Crippen LogP contribution in [0.25, 0.3) is 6.08 Å². The second kappa shape index (κ2) is 5.92. The minimum absolute atomic E-state index is 0.0428. The highest BCUT2D eigenvalue weighted by atomic mass is 35.5. The van der Waals surface area contributed by atoms with Gasteiger partial charge >= 0.3 is 0 Å². The number of carbonyl (C=O) groups is 1. The van der Waals surface area contributed by atoms with E-state index in [-0.39, 0.29) is 18.1 Å². The standard InChI is InChI=1S/C17H10ClNO3/c18-14-4-1-11(2-5-14)7-13(9-19)17(20)12-3-6-15-16(8-12)22-10-21-15/h1-8H,10H2. The van der Waals surface area contributed by atoms with E-state index in [1.54, 1.807) is 42.5 Å². The fourth-order valence-corrected chi connectivity index (χ4v) is 2.19. The number of halogens is 1. The first-order valence-corrected chi connectivity index (χ1v) is 6.87. The zero-order chi connectivity index (χ0) is 15.5. The first-order chi connectivity index (χ1) is 10.7. The van der Waals surface area contributed by atoms with Gasteiger partial charge in [-0.15, -0.1) is 0 Å². The van der Waals surface area contributed by atoms with Gasteiger partial charge in [0.05, 0.1) is 0 Å². The summed E-state index contributed by atoms with van der Waals surface area (Å²) in [6.07, 6.45) is 1.53. The van der Waals surface area contributed by atoms with Gasteiger partial charge in [-0.1, -0.05) is 23.7 Å². The number of Topliss-reactive ketones (excluding diaryl/α,β-unsaturated/α-hetero) is 1. The topological polar surface area (TPSA) is 59.3 Å². The number of ether oxygens (including phenoxy) is 2. The van der Waals surface area contributed by atoms with E-state index in [9.17, 15) is 10.1 Å². The lowest BCUT2D eigenvalue weighted by atomic mass is 10.0. The maximum Gasteiger partial charge on any atom is 0.231 e. The number of ketones is 1. The summed E-state index contributed by atoms with van der Waals surface area (Å²) >= 11 is 5.82. The van der Waals surface area contributed by atoms with Crippen LogP contribution in [-0.4, -0.2) is 12.6 Å². The number of benzene rings is 2. The smallest absolute Gasteiger partial charge is 0.231 e. The molecule has 0 bridgehead atoms. The molecule has 0 spiro atoms. The molecule has 0 fully saturated rings. The number of fused-ring (bicyclic) bond motifs is 1. The highest BCUT2D eigenvalue weighted by Gasteiger charge is 2.18. The van der Waals surface area contributed by atoms with Crippen molar-refractivity contribution in [2.45, 2.75) is 0 Å². The minimum atomic E-state index is -0.365. The van der Waals surface area contributed by atoms with Gasteiger partial charge in [0, 0.05) is 10.6 Å². The normalized spacial score (nSPS) is 12.8. The Morgan fingerprint density at radius 3 is 2.59 bits per heavy atom. The second-order valence-corrected chi connectivity index (χ2v) is 5.05. The molecule has 4 nitrogen and oxygen atoms in total. The molecule has 0 saturated heterocycles. The van der Waals surface area contributed by atoms with Crippen LogP contribution in [0.2, 0.25) is 5.02 Å². The summed E-state index contributed by atoms with van der Waals surface area (Å²) in [5.41, 5.74) is 1.15. The van der Waals surface area contributed by atoms with E-state index in [4.69, 9.17) is 21.1 Å². The molecular weight excluding hydrogens is 302 g/mol. The van der Waals surface area contributed by atoms with E-state index < -0.39 is 0 Å². The lowest BCUT2D eigenvalue weighted by Crippen LogP contribution is -2.01. The Labute approximate surface area is 132 Å². The van der Waals surface area contributed by atoms with Gasteiger partial charge in [0.25, 0.3) is 0 Å². The molecule has 2 aromatic carbocycles. The average molecular weight is 312 g/mol. The average Bonchev–Trinajstić information content (AvgIpc) is 3.01. The summed E-state index contributed by atoms with van der Waals surface area (Å²) in [6, 6.07) is 13.7. The van der Waals surface area contributed by atoms with Crippen LogP contribution < -0.4 is 9.47 Å². The Balaban J connectivity index is 1.92. The Bertz CT molecular complexity index is 804. The maximum atomic E-state index is 12.4. The third kappa shape index (κ3) is 2.80. The summed E-state index contributed by atoms with van der Waals surface area (Å²) in [6.45, 7) is 0.138. The quantitative estimate of drug-likeness (QED) is 0.490. The summed E-state index contributed by atoms with van der Waals surface area (Å²) in [7, 11) is 0. The van der Waals surface area contributed by atoms with Gasteiger partial charge in [0.15, 0.2) is 11.5 Å². The zero-order valence-electron chi connectivity index (χ0n) is 11.4. The van der Waals surface area contributed by atoms with Gasteiger partial charge in [0.1, 0.15) is 11.6 Å². The van der Waals surface area contributed by atoms with Crippen molar-refractivity contribution in [2.24, 2.45) is 0 Å². The highest BCUT2D eigenvalue weighted by molar-refractivity contribution is 6.30. The van der Waals surface area contributed by atoms with Crippen LogP contribution in [0.4, 0.5) is 0 Å². The van der Waals surface area contributed by atoms with E-state index in [2.05, 4.69) is 0 Å². The first kappa shape index (κ1) is 14.2. The Kier molecular flexibility index (Phi) is 3.82. The van der Waals surface area contributed by atoms with Crippen LogP contribution in [0.5, 0.6) is 11.5 Å². The monoisotopic (exact) mass is 311 g/mol. The first-order valence-electron chi connectivity index (χ1n) is 6.49. The molecule has 0 aromatic heterocycles. The lowest BCUT2D eigenvalue weighted by molar-refractivity contribution is 0.103. The van der Waals surface area contributed by atoms with Crippen LogP contribution in [0.15, 0.2) is 48.0 Å². The molecule has 0 saturated carbocycles. The SMILES string of the molecule is N#CC(=Cc1ccc(Cl)cc1)C(=O)c1ccc2c(c1)OCO2. The van der Waals surface area contributed by atoms with Crippen molar-refractivity contribution in [2.75, 3.05) is 6.79 Å². The molecule has 0 amide bonds. The number of carbonyl (C=O) groups excluding carboxylic acids is 1. The Hall–Kier alpha value is -2.77. The Morgan fingerprint density at radius 2 is 1.86 bits per heavy atom. The number of allylic oxidation sites excluding steroid dienone is 1. The van der Waals surface area contributed by atoms with Gasteiger partial charge in [0.2, 0.25) is 12.6 Å². The fourth-order valence-electron chi connectivity index (χ4n) is 2.07. The predicted molar refractivity (Wildman–Crippen MR) is 81.9 cm³/mol. The molecule has 3 rings (SSSR count). The van der Waals surface area contributed by atoms with Gasteiger partial charge in [-0.25, -0.2) is 0 Å². The van der Waals surface area contributed by atoms with Gasteiger partial charge in [-0.05, 0) is 42.0 Å². The summed E-state index contributed by atoms with van der Waals surface area (Å²) < 4.78 is 10.4. The number of hydrogen-bond donors (Lipinski definition) is 0. The van der Waals surface area contributed by atoms with Crippen LogP contribution in [-0.2, 0) is 0 Å². The molecule has 1 aliphatic rings. The van der Waals surface area contributed by atoms with E-state index in [0.29, 0.717) is 22.1 Å². The molecule has 0 aliphatic carbocycles. The number of rotatable bonds is 3. The van der Waals surface area contributed by atoms with E-state index in [1.165, 1.54) is 6.08 Å². The van der Waals surface area contributed by atoms with Crippen LogP contribution in [0.1, 0.15) is 15.9 Å². The molecule has 2 aromatic rings. The summed E-state index contributed by atoms with van der Waals surface area (Å²) in [4.78, 5) is 12.4. The van der Waals surface area contributed by atoms with Gasteiger partial charge < -0.3 is 9.47 Å². The van der Waals surface area contributed by atoms with Crippen molar-refractivity contribution in [1.29, 1.82) is 5.26 Å². The van der Waals surface area contributed by atoms with Crippen LogP contribution in [0, 0.1) is 11.3 Å². The third-order valence-electron chi connectivity index (χ3n) is 3.18. The molecule has 0 N–H and O–H groups in total. The number of hydrogen-bond acceptors (Lipinski definition) is 4. The fraction of sp³-hybridized carbons (Fsp3) is 0.0588. The molecule has 1 aliphatic heterocycles. The summed E-state index contributed by atoms with van der Waals surface area (Å²) in [5.74, 6) is 0.738. The predicted octanol–water partition coefficient (Wildman–Crippen LogP) is 3.86. The molecule has 5 heteroatoms. The molecule has 0 unspecified atom stereocenters. The van der Waals surface area contributed by atoms with Gasteiger partial charge in [-0.3, -0.25) is 4.79 Å². The van der Waals surface area contributed by atoms with Crippen LogP contribution in [0.3, 0.4) is 0 Å². The van der Waals surface area contributed by atoms with Crippen molar-refractivity contribution >= 4 is 23.5 Å². The van der Waals surface area contributed by atoms with Gasteiger partial charge in [-0.2, -0.15) is 5.26 Å². The number of nitriles is 1. The molecule has 0 atom stereocenters. The van der Waals surface area contributed by atoms with Crippen molar-refractivity contribution < 1.29 is 14.3 Å². The highest BCUT2D eigenvalue weighted by Crippen LogP contribution is 2.33. The van der Waals surface area contributed by atoms with E-state index >= 15 is 0 Å². The largest absolute Gasteiger partial charge is 0.454 e. The zero-order valence-corrected chi connectivity index (χ0v) is 12.1. The maximum absolute atomic E-state index is 12.4. The molecular formula is C17H10ClNO3. The molecule has 0 radical (unpaired) electrons. The number of nitrogens with zero attached hydrogens (tertiary/aromatic N) is 1. The van der Waals surface area contributed by atoms with Crippen molar-refractivity contribution in [3.8, 4) is 17.6 Å². The Morgan fingerprint density at radius 1 is 1.14 bits per heavy atom. The minimum Gasteiger partial charge on any atom is -0.454 e. The van der Waals surface area contributed by atoms with Crippen molar-refractivity contribution in [3.05, 3.63) is 64.2 Å². The lowest BCUT2D eigenvalue weighted by Gasteiger charge is -2.02. The van der Waals surface area contributed by atoms with Crippen molar-refractivity contribution in [3.63, 3.8) is 0 Å². The second-order valence-electron chi connectivity index (χ2n) is 4.62. The van der Waals surface area contributed by atoms with E-state index in [0.717, 1.165) is 5.56 Å². The van der Waals surface area contributed by atoms with Crippen LogP contribution >= 0.6 is 11.6 Å². The molecule has 1 heterocycles.